The number of rotatable bonds is 5. The van der Waals surface area contributed by atoms with Crippen molar-refractivity contribution >= 4 is 17.3 Å². The molecule has 1 aromatic rings. The maximum atomic E-state index is 5.83. The van der Waals surface area contributed by atoms with Gasteiger partial charge in [0.05, 0.1) is 0 Å². The van der Waals surface area contributed by atoms with E-state index in [1.165, 1.54) is 0 Å². The molecule has 3 heteroatoms. The van der Waals surface area contributed by atoms with Crippen molar-refractivity contribution in [2.45, 2.75) is 20.8 Å². The van der Waals surface area contributed by atoms with E-state index in [4.69, 9.17) is 11.6 Å². The van der Waals surface area contributed by atoms with E-state index >= 15 is 0 Å². The van der Waals surface area contributed by atoms with Crippen molar-refractivity contribution in [1.82, 2.24) is 4.90 Å². The van der Waals surface area contributed by atoms with Crippen LogP contribution in [0.1, 0.15) is 20.8 Å². The summed E-state index contributed by atoms with van der Waals surface area (Å²) in [6, 6.07) is 7.82. The van der Waals surface area contributed by atoms with Gasteiger partial charge in [0.15, 0.2) is 0 Å². The summed E-state index contributed by atoms with van der Waals surface area (Å²) in [7, 11) is 2.16. The van der Waals surface area contributed by atoms with Gasteiger partial charge in [0.1, 0.15) is 0 Å². The van der Waals surface area contributed by atoms with E-state index in [0.29, 0.717) is 5.41 Å². The van der Waals surface area contributed by atoms with E-state index in [9.17, 15) is 0 Å². The molecule has 0 spiro atoms. The van der Waals surface area contributed by atoms with E-state index < -0.39 is 0 Å². The monoisotopic (exact) mass is 254 g/mol. The number of hydrogen-bond donors (Lipinski definition) is 1. The van der Waals surface area contributed by atoms with Gasteiger partial charge in [-0.05, 0) is 36.7 Å². The molecule has 0 fully saturated rings. The Morgan fingerprint density at radius 3 is 2.29 bits per heavy atom. The van der Waals surface area contributed by atoms with Crippen LogP contribution in [0.4, 0.5) is 5.69 Å². The Balaban J connectivity index is 2.26. The molecule has 1 rings (SSSR count). The van der Waals surface area contributed by atoms with Crippen molar-refractivity contribution in [3.8, 4) is 0 Å². The van der Waals surface area contributed by atoms with Gasteiger partial charge in [-0.1, -0.05) is 32.4 Å². The van der Waals surface area contributed by atoms with Crippen LogP contribution in [-0.2, 0) is 0 Å². The summed E-state index contributed by atoms with van der Waals surface area (Å²) in [5.41, 5.74) is 1.48. The number of benzene rings is 1. The van der Waals surface area contributed by atoms with Crippen molar-refractivity contribution < 1.29 is 0 Å². The maximum Gasteiger partial charge on any atom is 0.0407 e. The second-order valence-corrected chi connectivity index (χ2v) is 6.17. The molecule has 0 aliphatic carbocycles. The van der Waals surface area contributed by atoms with Crippen LogP contribution in [0.2, 0.25) is 5.02 Å². The van der Waals surface area contributed by atoms with E-state index in [-0.39, 0.29) is 0 Å². The topological polar surface area (TPSA) is 15.3 Å². The largest absolute Gasteiger partial charge is 0.384 e. The lowest BCUT2D eigenvalue weighted by atomic mass is 9.96. The SMILES string of the molecule is CN(CCNc1ccc(Cl)cc1)CC(C)(C)C. The fourth-order valence-corrected chi connectivity index (χ4v) is 1.97. The van der Waals surface area contributed by atoms with Gasteiger partial charge in [0, 0.05) is 30.3 Å². The molecule has 0 aromatic heterocycles. The van der Waals surface area contributed by atoms with Gasteiger partial charge in [0.25, 0.3) is 0 Å². The number of hydrogen-bond acceptors (Lipinski definition) is 2. The van der Waals surface area contributed by atoms with Gasteiger partial charge in [-0.2, -0.15) is 0 Å². The van der Waals surface area contributed by atoms with E-state index in [1.54, 1.807) is 0 Å². The second-order valence-electron chi connectivity index (χ2n) is 5.73. The minimum absolute atomic E-state index is 0.356. The number of likely N-dealkylation sites (N-methyl/N-ethyl adjacent to an activating group) is 1. The van der Waals surface area contributed by atoms with Crippen LogP contribution in [0, 0.1) is 5.41 Å². The van der Waals surface area contributed by atoms with E-state index in [2.05, 4.69) is 38.0 Å². The van der Waals surface area contributed by atoms with Crippen LogP contribution in [0.25, 0.3) is 0 Å². The molecule has 17 heavy (non-hydrogen) atoms. The van der Waals surface area contributed by atoms with Crippen LogP contribution in [0.5, 0.6) is 0 Å². The van der Waals surface area contributed by atoms with E-state index in [0.717, 1.165) is 30.3 Å². The molecule has 0 radical (unpaired) electrons. The van der Waals surface area contributed by atoms with Crippen LogP contribution < -0.4 is 5.32 Å². The third-order valence-corrected chi connectivity index (χ3v) is 2.66. The first-order chi connectivity index (χ1) is 7.87. The molecule has 0 bridgehead atoms. The first kappa shape index (κ1) is 14.3. The van der Waals surface area contributed by atoms with Crippen LogP contribution >= 0.6 is 11.6 Å². The average molecular weight is 255 g/mol. The van der Waals surface area contributed by atoms with Gasteiger partial charge in [-0.15, -0.1) is 0 Å². The third kappa shape index (κ3) is 6.54. The normalized spacial score (nSPS) is 11.9. The Morgan fingerprint density at radius 2 is 1.76 bits per heavy atom. The Hall–Kier alpha value is -0.730. The Labute approximate surface area is 110 Å². The van der Waals surface area contributed by atoms with Crippen LogP contribution in [-0.4, -0.2) is 31.6 Å². The summed E-state index contributed by atoms with van der Waals surface area (Å²) < 4.78 is 0. The maximum absolute atomic E-state index is 5.83. The second kappa shape index (κ2) is 6.27. The zero-order chi connectivity index (χ0) is 12.9. The highest BCUT2D eigenvalue weighted by Gasteiger charge is 2.12. The van der Waals surface area contributed by atoms with Gasteiger partial charge in [-0.25, -0.2) is 0 Å². The highest BCUT2D eigenvalue weighted by atomic mass is 35.5. The molecule has 0 aliphatic rings. The molecule has 0 saturated heterocycles. The highest BCUT2D eigenvalue weighted by molar-refractivity contribution is 6.30. The first-order valence-corrected chi connectivity index (χ1v) is 6.43. The van der Waals surface area contributed by atoms with Crippen LogP contribution in [0.3, 0.4) is 0 Å². The summed E-state index contributed by atoms with van der Waals surface area (Å²) in [4.78, 5) is 2.35. The van der Waals surface area contributed by atoms with Gasteiger partial charge in [0.2, 0.25) is 0 Å². The fraction of sp³-hybridized carbons (Fsp3) is 0.571. The lowest BCUT2D eigenvalue weighted by Gasteiger charge is -2.26. The summed E-state index contributed by atoms with van der Waals surface area (Å²) >= 11 is 5.83. The van der Waals surface area contributed by atoms with Gasteiger partial charge >= 0.3 is 0 Å². The first-order valence-electron chi connectivity index (χ1n) is 6.05. The minimum atomic E-state index is 0.356. The van der Waals surface area contributed by atoms with Crippen LogP contribution in [0.15, 0.2) is 24.3 Å². The zero-order valence-corrected chi connectivity index (χ0v) is 12.0. The molecule has 0 atom stereocenters. The Bertz CT molecular complexity index is 327. The minimum Gasteiger partial charge on any atom is -0.384 e. The third-order valence-electron chi connectivity index (χ3n) is 2.41. The van der Waals surface area contributed by atoms with Gasteiger partial charge in [-0.3, -0.25) is 0 Å². The molecule has 0 amide bonds. The zero-order valence-electron chi connectivity index (χ0n) is 11.3. The summed E-state index contributed by atoms with van der Waals surface area (Å²) in [6.07, 6.45) is 0. The van der Waals surface area contributed by atoms with Crippen molar-refractivity contribution in [3.63, 3.8) is 0 Å². The predicted octanol–water partition coefficient (Wildman–Crippen LogP) is 3.73. The fourth-order valence-electron chi connectivity index (χ4n) is 1.85. The summed E-state index contributed by atoms with van der Waals surface area (Å²) in [6.45, 7) is 9.88. The Kier molecular flexibility index (Phi) is 5.29. The molecule has 2 nitrogen and oxygen atoms in total. The highest BCUT2D eigenvalue weighted by Crippen LogP contribution is 2.15. The molecule has 0 heterocycles. The molecule has 1 aromatic carbocycles. The smallest absolute Gasteiger partial charge is 0.0407 e. The summed E-state index contributed by atoms with van der Waals surface area (Å²) in [5.74, 6) is 0. The average Bonchev–Trinajstić information content (AvgIpc) is 2.18. The number of nitrogens with one attached hydrogen (secondary N) is 1. The van der Waals surface area contributed by atoms with Crippen molar-refractivity contribution in [1.29, 1.82) is 0 Å². The van der Waals surface area contributed by atoms with Gasteiger partial charge < -0.3 is 10.2 Å². The number of halogens is 1. The standard InChI is InChI=1S/C14H23ClN2/c1-14(2,3)11-17(4)10-9-16-13-7-5-12(15)6-8-13/h5-8,16H,9-11H2,1-4H3. The predicted molar refractivity (Wildman–Crippen MR) is 76.9 cm³/mol. The molecule has 0 saturated carbocycles. The number of anilines is 1. The molecule has 1 N–H and O–H groups in total. The summed E-state index contributed by atoms with van der Waals surface area (Å²) in [5, 5.41) is 4.17. The Morgan fingerprint density at radius 1 is 1.18 bits per heavy atom. The molecular weight excluding hydrogens is 232 g/mol. The number of nitrogens with zero attached hydrogens (tertiary/aromatic N) is 1. The van der Waals surface area contributed by atoms with Crippen molar-refractivity contribution in [2.75, 3.05) is 32.0 Å². The molecular formula is C14H23ClN2. The van der Waals surface area contributed by atoms with E-state index in [1.807, 2.05) is 24.3 Å². The molecule has 0 aliphatic heterocycles. The quantitative estimate of drug-likeness (QED) is 0.861. The molecule has 0 unspecified atom stereocenters. The van der Waals surface area contributed by atoms with Crippen molar-refractivity contribution in [3.05, 3.63) is 29.3 Å². The van der Waals surface area contributed by atoms with Crippen molar-refractivity contribution in [2.24, 2.45) is 5.41 Å². The molecule has 96 valence electrons. The lowest BCUT2D eigenvalue weighted by Crippen LogP contribution is -2.32. The lowest BCUT2D eigenvalue weighted by molar-refractivity contribution is 0.233.